The van der Waals surface area contributed by atoms with E-state index in [0.717, 1.165) is 18.7 Å². The van der Waals surface area contributed by atoms with E-state index in [1.807, 2.05) is 26.0 Å². The first kappa shape index (κ1) is 16.7. The number of nitrogens with one attached hydrogen (secondary N) is 1. The lowest BCUT2D eigenvalue weighted by Gasteiger charge is -2.27. The Hall–Kier alpha value is -2.18. The van der Waals surface area contributed by atoms with E-state index in [1.54, 1.807) is 12.3 Å². The predicted octanol–water partition coefficient (Wildman–Crippen LogP) is 2.84. The van der Waals surface area contributed by atoms with Gasteiger partial charge in [0, 0.05) is 30.0 Å². The quantitative estimate of drug-likeness (QED) is 0.925. The Labute approximate surface area is 145 Å². The molecule has 1 saturated heterocycles. The Kier molecular flexibility index (Phi) is 4.97. The summed E-state index contributed by atoms with van der Waals surface area (Å²) in [6, 6.07) is 5.41. The minimum atomic E-state index is -0.249. The van der Waals surface area contributed by atoms with Crippen molar-refractivity contribution in [2.45, 2.75) is 13.8 Å². The molecular weight excluding hydrogens is 328 g/mol. The first-order valence-corrected chi connectivity index (χ1v) is 8.16. The average molecular weight is 347 g/mol. The molecule has 1 fully saturated rings. The molecule has 126 valence electrons. The Morgan fingerprint density at radius 3 is 2.71 bits per heavy atom. The van der Waals surface area contributed by atoms with E-state index in [1.165, 1.54) is 0 Å². The first-order valence-electron chi connectivity index (χ1n) is 7.78. The van der Waals surface area contributed by atoms with Gasteiger partial charge in [0.25, 0.3) is 5.91 Å². The molecule has 1 aliphatic heterocycles. The van der Waals surface area contributed by atoms with E-state index in [2.05, 4.69) is 20.2 Å². The van der Waals surface area contributed by atoms with E-state index in [-0.39, 0.29) is 5.91 Å². The number of aryl methyl sites for hydroxylation is 2. The van der Waals surface area contributed by atoms with E-state index < -0.39 is 0 Å². The molecule has 2 heterocycles. The molecule has 1 amide bonds. The summed E-state index contributed by atoms with van der Waals surface area (Å²) in [6.45, 7) is 6.57. The van der Waals surface area contributed by atoms with Crippen LogP contribution in [0, 0.1) is 13.8 Å². The summed E-state index contributed by atoms with van der Waals surface area (Å²) in [5, 5.41) is 3.44. The van der Waals surface area contributed by atoms with Crippen molar-refractivity contribution >= 4 is 29.1 Å². The normalized spacial score (nSPS) is 14.5. The third-order valence-corrected chi connectivity index (χ3v) is 4.34. The monoisotopic (exact) mass is 346 g/mol. The van der Waals surface area contributed by atoms with Crippen molar-refractivity contribution in [3.63, 3.8) is 0 Å². The number of amides is 1. The Morgan fingerprint density at radius 1 is 1.29 bits per heavy atom. The number of anilines is 2. The third kappa shape index (κ3) is 3.66. The van der Waals surface area contributed by atoms with Crippen LogP contribution in [0.5, 0.6) is 0 Å². The highest BCUT2D eigenvalue weighted by Gasteiger charge is 2.17. The molecule has 0 atom stereocenters. The van der Waals surface area contributed by atoms with Gasteiger partial charge >= 0.3 is 0 Å². The highest BCUT2D eigenvalue weighted by molar-refractivity contribution is 6.31. The van der Waals surface area contributed by atoms with Crippen molar-refractivity contribution in [3.8, 4) is 0 Å². The van der Waals surface area contributed by atoms with Crippen molar-refractivity contribution < 1.29 is 9.53 Å². The average Bonchev–Trinajstić information content (AvgIpc) is 2.59. The summed E-state index contributed by atoms with van der Waals surface area (Å²) in [7, 11) is 0. The van der Waals surface area contributed by atoms with Crippen LogP contribution in [-0.4, -0.2) is 42.2 Å². The van der Waals surface area contributed by atoms with Gasteiger partial charge in [0.05, 0.1) is 24.5 Å². The standard InChI is InChI=1S/C17H19ClN4O2/c1-11-3-4-13(9-15(11)18)21-16(23)14-10-19-17(20-12(14)2)22-5-7-24-8-6-22/h3-4,9-10H,5-8H2,1-2H3,(H,21,23). The molecule has 0 aliphatic carbocycles. The fourth-order valence-electron chi connectivity index (χ4n) is 2.46. The summed E-state index contributed by atoms with van der Waals surface area (Å²) in [6.07, 6.45) is 1.57. The topological polar surface area (TPSA) is 67.4 Å². The maximum absolute atomic E-state index is 12.5. The van der Waals surface area contributed by atoms with Crippen LogP contribution < -0.4 is 10.2 Å². The van der Waals surface area contributed by atoms with Crippen LogP contribution >= 0.6 is 11.6 Å². The van der Waals surface area contributed by atoms with Gasteiger partial charge in [-0.15, -0.1) is 0 Å². The first-order chi connectivity index (χ1) is 11.5. The van der Waals surface area contributed by atoms with Gasteiger partial charge in [0.15, 0.2) is 0 Å². The maximum atomic E-state index is 12.5. The number of aromatic nitrogens is 2. The van der Waals surface area contributed by atoms with Gasteiger partial charge in [-0.25, -0.2) is 9.97 Å². The van der Waals surface area contributed by atoms with Crippen molar-refractivity contribution in [1.29, 1.82) is 0 Å². The van der Waals surface area contributed by atoms with Crippen LogP contribution in [0.3, 0.4) is 0 Å². The van der Waals surface area contributed by atoms with Crippen molar-refractivity contribution in [3.05, 3.63) is 46.2 Å². The van der Waals surface area contributed by atoms with Crippen molar-refractivity contribution in [1.82, 2.24) is 9.97 Å². The zero-order valence-corrected chi connectivity index (χ0v) is 14.4. The summed E-state index contributed by atoms with van der Waals surface area (Å²) in [4.78, 5) is 23.3. The summed E-state index contributed by atoms with van der Waals surface area (Å²) in [5.41, 5.74) is 2.70. The SMILES string of the molecule is Cc1ccc(NC(=O)c2cnc(N3CCOCC3)nc2C)cc1Cl. The number of halogens is 1. The number of hydrogen-bond acceptors (Lipinski definition) is 5. The Balaban J connectivity index is 1.75. The lowest BCUT2D eigenvalue weighted by Crippen LogP contribution is -2.37. The second-order valence-electron chi connectivity index (χ2n) is 5.69. The van der Waals surface area contributed by atoms with Crippen LogP contribution in [0.15, 0.2) is 24.4 Å². The van der Waals surface area contributed by atoms with Gasteiger partial charge in [-0.2, -0.15) is 0 Å². The molecule has 1 N–H and O–H groups in total. The minimum Gasteiger partial charge on any atom is -0.378 e. The number of ether oxygens (including phenoxy) is 1. The highest BCUT2D eigenvalue weighted by Crippen LogP contribution is 2.21. The second-order valence-corrected chi connectivity index (χ2v) is 6.09. The van der Waals surface area contributed by atoms with Crippen LogP contribution in [0.2, 0.25) is 5.02 Å². The molecule has 0 bridgehead atoms. The number of nitrogens with zero attached hydrogens (tertiary/aromatic N) is 3. The van der Waals surface area contributed by atoms with Gasteiger partial charge in [-0.05, 0) is 31.5 Å². The van der Waals surface area contributed by atoms with Crippen LogP contribution in [0.25, 0.3) is 0 Å². The Morgan fingerprint density at radius 2 is 2.04 bits per heavy atom. The zero-order valence-electron chi connectivity index (χ0n) is 13.7. The second kappa shape index (κ2) is 7.15. The zero-order chi connectivity index (χ0) is 17.1. The third-order valence-electron chi connectivity index (χ3n) is 3.93. The van der Waals surface area contributed by atoms with Gasteiger partial charge in [-0.3, -0.25) is 4.79 Å². The lowest BCUT2D eigenvalue weighted by atomic mass is 10.2. The van der Waals surface area contributed by atoms with Crippen molar-refractivity contribution in [2.75, 3.05) is 36.5 Å². The number of carbonyl (C=O) groups excluding carboxylic acids is 1. The van der Waals surface area contributed by atoms with Crippen LogP contribution in [0.4, 0.5) is 11.6 Å². The molecule has 0 spiro atoms. The highest BCUT2D eigenvalue weighted by atomic mass is 35.5. The molecule has 0 unspecified atom stereocenters. The fraction of sp³-hybridized carbons (Fsp3) is 0.353. The number of hydrogen-bond donors (Lipinski definition) is 1. The van der Waals surface area contributed by atoms with E-state index in [0.29, 0.717) is 41.1 Å². The largest absolute Gasteiger partial charge is 0.378 e. The van der Waals surface area contributed by atoms with Gasteiger partial charge in [-0.1, -0.05) is 17.7 Å². The fourth-order valence-corrected chi connectivity index (χ4v) is 2.64. The van der Waals surface area contributed by atoms with Crippen LogP contribution in [-0.2, 0) is 4.74 Å². The summed E-state index contributed by atoms with van der Waals surface area (Å²) in [5.74, 6) is 0.381. The predicted molar refractivity (Wildman–Crippen MR) is 93.9 cm³/mol. The van der Waals surface area contributed by atoms with E-state index >= 15 is 0 Å². The maximum Gasteiger partial charge on any atom is 0.259 e. The molecule has 1 aromatic carbocycles. The number of rotatable bonds is 3. The molecule has 0 saturated carbocycles. The molecule has 24 heavy (non-hydrogen) atoms. The molecular formula is C17H19ClN4O2. The van der Waals surface area contributed by atoms with Gasteiger partial charge < -0.3 is 15.0 Å². The van der Waals surface area contributed by atoms with Crippen molar-refractivity contribution in [2.24, 2.45) is 0 Å². The van der Waals surface area contributed by atoms with Gasteiger partial charge in [0.1, 0.15) is 0 Å². The number of benzene rings is 1. The molecule has 7 heteroatoms. The van der Waals surface area contributed by atoms with Crippen LogP contribution in [0.1, 0.15) is 21.6 Å². The molecule has 0 radical (unpaired) electrons. The molecule has 1 aliphatic rings. The number of morpholine rings is 1. The summed E-state index contributed by atoms with van der Waals surface area (Å²) < 4.78 is 5.33. The molecule has 2 aromatic rings. The molecule has 1 aromatic heterocycles. The molecule has 3 rings (SSSR count). The Bertz CT molecular complexity index is 760. The number of carbonyl (C=O) groups is 1. The molecule has 6 nitrogen and oxygen atoms in total. The van der Waals surface area contributed by atoms with Gasteiger partial charge in [0.2, 0.25) is 5.95 Å². The smallest absolute Gasteiger partial charge is 0.259 e. The minimum absolute atomic E-state index is 0.249. The summed E-state index contributed by atoms with van der Waals surface area (Å²) >= 11 is 6.09. The van der Waals surface area contributed by atoms with E-state index in [9.17, 15) is 4.79 Å². The lowest BCUT2D eigenvalue weighted by molar-refractivity contribution is 0.102. The van der Waals surface area contributed by atoms with E-state index in [4.69, 9.17) is 16.3 Å².